The number of hydrogen-bond donors (Lipinski definition) is 1. The zero-order chi connectivity index (χ0) is 9.56. The molecule has 0 spiro atoms. The first-order valence-electron chi connectivity index (χ1n) is 4.09. The molecule has 12 heavy (non-hydrogen) atoms. The molecule has 0 aliphatic carbocycles. The third-order valence-corrected chi connectivity index (χ3v) is 1.59. The zero-order valence-electron chi connectivity index (χ0n) is 7.91. The van der Waals surface area contributed by atoms with Crippen LogP contribution in [0.2, 0.25) is 0 Å². The maximum Gasteiger partial charge on any atom is 0.409 e. The predicted molar refractivity (Wildman–Crippen MR) is 45.9 cm³/mol. The Kier molecular flexibility index (Phi) is 5.45. The van der Waals surface area contributed by atoms with Crippen molar-refractivity contribution in [2.24, 2.45) is 0 Å². The number of aliphatic hydroxyl groups excluding tert-OH is 1. The molecule has 1 N–H and O–H groups in total. The van der Waals surface area contributed by atoms with Crippen LogP contribution in [0.3, 0.4) is 0 Å². The molecule has 0 atom stereocenters. The first-order valence-corrected chi connectivity index (χ1v) is 4.09. The summed E-state index contributed by atoms with van der Waals surface area (Å²) in [6.07, 6.45) is 0.256. The molecule has 0 aromatic rings. The Morgan fingerprint density at radius 3 is 2.50 bits per heavy atom. The summed E-state index contributed by atoms with van der Waals surface area (Å²) in [4.78, 5) is 12.7. The van der Waals surface area contributed by atoms with E-state index in [4.69, 9.17) is 5.11 Å². The fraction of sp³-hybridized carbons (Fsp3) is 0.875. The van der Waals surface area contributed by atoms with Crippen molar-refractivity contribution in [3.05, 3.63) is 0 Å². The highest BCUT2D eigenvalue weighted by Crippen LogP contribution is 2.01. The molecule has 0 rings (SSSR count). The van der Waals surface area contributed by atoms with Crippen LogP contribution in [0, 0.1) is 0 Å². The predicted octanol–water partition coefficient (Wildman–Crippen LogP) is 0.846. The fourth-order valence-electron chi connectivity index (χ4n) is 0.919. The third kappa shape index (κ3) is 3.57. The topological polar surface area (TPSA) is 49.8 Å². The molecule has 72 valence electrons. The molecule has 0 saturated heterocycles. The average molecular weight is 175 g/mol. The summed E-state index contributed by atoms with van der Waals surface area (Å²) < 4.78 is 4.58. The van der Waals surface area contributed by atoms with Crippen LogP contribution in [0.15, 0.2) is 0 Å². The molecule has 0 bridgehead atoms. The molecule has 0 fully saturated rings. The number of hydrogen-bond acceptors (Lipinski definition) is 3. The number of amides is 1. The molecule has 1 amide bonds. The summed E-state index contributed by atoms with van der Waals surface area (Å²) in [5.74, 6) is 0. The van der Waals surface area contributed by atoms with Crippen LogP contribution in [0.5, 0.6) is 0 Å². The van der Waals surface area contributed by atoms with Crippen molar-refractivity contribution in [3.8, 4) is 0 Å². The van der Waals surface area contributed by atoms with E-state index in [2.05, 4.69) is 4.74 Å². The van der Waals surface area contributed by atoms with Gasteiger partial charge in [-0.2, -0.15) is 0 Å². The minimum atomic E-state index is -0.335. The number of ether oxygens (including phenoxy) is 1. The third-order valence-electron chi connectivity index (χ3n) is 1.59. The van der Waals surface area contributed by atoms with Crippen molar-refractivity contribution >= 4 is 6.09 Å². The smallest absolute Gasteiger partial charge is 0.409 e. The van der Waals surface area contributed by atoms with Crippen LogP contribution < -0.4 is 0 Å². The highest BCUT2D eigenvalue weighted by Gasteiger charge is 2.15. The van der Waals surface area contributed by atoms with Crippen molar-refractivity contribution in [1.29, 1.82) is 0 Å². The van der Waals surface area contributed by atoms with Crippen molar-refractivity contribution in [2.45, 2.75) is 26.3 Å². The van der Waals surface area contributed by atoms with E-state index < -0.39 is 0 Å². The number of methoxy groups -OCH3 is 1. The molecule has 0 heterocycles. The summed E-state index contributed by atoms with van der Waals surface area (Å²) in [5, 5.41) is 8.57. The van der Waals surface area contributed by atoms with E-state index in [1.165, 1.54) is 7.11 Å². The molecule has 0 radical (unpaired) electrons. The minimum absolute atomic E-state index is 0.0974. The molecular formula is C8H17NO3. The van der Waals surface area contributed by atoms with Gasteiger partial charge < -0.3 is 14.7 Å². The first-order chi connectivity index (χ1) is 5.63. The van der Waals surface area contributed by atoms with E-state index in [1.54, 1.807) is 4.90 Å². The summed E-state index contributed by atoms with van der Waals surface area (Å²) in [5.41, 5.74) is 0. The van der Waals surface area contributed by atoms with E-state index in [0.29, 0.717) is 13.0 Å². The molecule has 0 saturated carbocycles. The van der Waals surface area contributed by atoms with Crippen molar-refractivity contribution < 1.29 is 14.6 Å². The Morgan fingerprint density at radius 2 is 2.17 bits per heavy atom. The fourth-order valence-corrected chi connectivity index (χ4v) is 0.919. The Labute approximate surface area is 73.1 Å². The molecule has 0 aromatic carbocycles. The minimum Gasteiger partial charge on any atom is -0.453 e. The lowest BCUT2D eigenvalue weighted by Gasteiger charge is -2.24. The Balaban J connectivity index is 3.95. The lowest BCUT2D eigenvalue weighted by Crippen LogP contribution is -2.37. The molecule has 0 aromatic heterocycles. The van der Waals surface area contributed by atoms with Gasteiger partial charge in [0, 0.05) is 19.2 Å². The largest absolute Gasteiger partial charge is 0.453 e. The van der Waals surface area contributed by atoms with Crippen LogP contribution in [0.25, 0.3) is 0 Å². The summed E-state index contributed by atoms with van der Waals surface area (Å²) >= 11 is 0. The second kappa shape index (κ2) is 5.83. The number of rotatable bonds is 4. The maximum absolute atomic E-state index is 11.1. The molecule has 0 unspecified atom stereocenters. The Bertz CT molecular complexity index is 136. The van der Waals surface area contributed by atoms with Gasteiger partial charge in [0.05, 0.1) is 7.11 Å². The molecule has 0 aliphatic rings. The highest BCUT2D eigenvalue weighted by molar-refractivity contribution is 5.67. The number of carbonyl (C=O) groups is 1. The lowest BCUT2D eigenvalue weighted by atomic mass is 10.3. The summed E-state index contributed by atoms with van der Waals surface area (Å²) in [6, 6.07) is 0.115. The van der Waals surface area contributed by atoms with Gasteiger partial charge in [-0.25, -0.2) is 4.79 Å². The van der Waals surface area contributed by atoms with Crippen molar-refractivity contribution in [2.75, 3.05) is 20.3 Å². The van der Waals surface area contributed by atoms with Crippen LogP contribution in [-0.4, -0.2) is 42.4 Å². The van der Waals surface area contributed by atoms with Crippen LogP contribution in [0.1, 0.15) is 20.3 Å². The quantitative estimate of drug-likeness (QED) is 0.689. The second-order valence-corrected chi connectivity index (χ2v) is 2.83. The van der Waals surface area contributed by atoms with E-state index in [0.717, 1.165) is 0 Å². The van der Waals surface area contributed by atoms with Gasteiger partial charge in [0.15, 0.2) is 0 Å². The molecular weight excluding hydrogens is 158 g/mol. The molecule has 4 heteroatoms. The van der Waals surface area contributed by atoms with Gasteiger partial charge in [-0.3, -0.25) is 0 Å². The average Bonchev–Trinajstić information content (AvgIpc) is 2.04. The lowest BCUT2D eigenvalue weighted by molar-refractivity contribution is 0.107. The van der Waals surface area contributed by atoms with E-state index in [-0.39, 0.29) is 18.7 Å². The van der Waals surface area contributed by atoms with Crippen LogP contribution in [0.4, 0.5) is 4.79 Å². The van der Waals surface area contributed by atoms with Gasteiger partial charge in [0.2, 0.25) is 0 Å². The Hall–Kier alpha value is -0.770. The van der Waals surface area contributed by atoms with Crippen molar-refractivity contribution in [3.63, 3.8) is 0 Å². The molecule has 0 aliphatic heterocycles. The highest BCUT2D eigenvalue weighted by atomic mass is 16.5. The number of aliphatic hydroxyl groups is 1. The zero-order valence-corrected chi connectivity index (χ0v) is 7.91. The van der Waals surface area contributed by atoms with Gasteiger partial charge in [-0.05, 0) is 20.3 Å². The number of carbonyl (C=O) groups excluding carboxylic acids is 1. The van der Waals surface area contributed by atoms with E-state index in [9.17, 15) is 4.79 Å². The standard InChI is InChI=1S/C8H17NO3/c1-7(2)9(5-4-6-10)8(11)12-3/h7,10H,4-6H2,1-3H3. The van der Waals surface area contributed by atoms with Gasteiger partial charge >= 0.3 is 6.09 Å². The van der Waals surface area contributed by atoms with E-state index >= 15 is 0 Å². The van der Waals surface area contributed by atoms with Crippen LogP contribution in [-0.2, 0) is 4.74 Å². The Morgan fingerprint density at radius 1 is 1.58 bits per heavy atom. The van der Waals surface area contributed by atoms with Gasteiger partial charge in [-0.1, -0.05) is 0 Å². The van der Waals surface area contributed by atoms with E-state index in [1.807, 2.05) is 13.8 Å². The van der Waals surface area contributed by atoms with Crippen molar-refractivity contribution in [1.82, 2.24) is 4.90 Å². The second-order valence-electron chi connectivity index (χ2n) is 2.83. The maximum atomic E-state index is 11.1. The summed E-state index contributed by atoms with van der Waals surface area (Å²) in [7, 11) is 1.36. The SMILES string of the molecule is COC(=O)N(CCCO)C(C)C. The normalized spacial score (nSPS) is 10.1. The molecule has 4 nitrogen and oxygen atoms in total. The van der Waals surface area contributed by atoms with Gasteiger partial charge in [-0.15, -0.1) is 0 Å². The van der Waals surface area contributed by atoms with Crippen LogP contribution >= 0.6 is 0 Å². The first kappa shape index (κ1) is 11.2. The van der Waals surface area contributed by atoms with Gasteiger partial charge in [0.25, 0.3) is 0 Å². The monoisotopic (exact) mass is 175 g/mol. The summed E-state index contributed by atoms with van der Waals surface area (Å²) in [6.45, 7) is 4.46. The van der Waals surface area contributed by atoms with Gasteiger partial charge in [0.1, 0.15) is 0 Å². The number of nitrogens with zero attached hydrogens (tertiary/aromatic N) is 1.